The highest BCUT2D eigenvalue weighted by Crippen LogP contribution is 2.19. The molecule has 3 N–H and O–H groups in total. The number of amides is 2. The fourth-order valence-electron chi connectivity index (χ4n) is 1.80. The molecular formula is C15H13ClF2N2O2. The molecule has 0 aliphatic rings. The summed E-state index contributed by atoms with van der Waals surface area (Å²) in [7, 11) is 0. The van der Waals surface area contributed by atoms with Crippen LogP contribution in [0.2, 0.25) is 5.02 Å². The highest BCUT2D eigenvalue weighted by molar-refractivity contribution is 6.30. The first-order chi connectivity index (χ1) is 10.5. The largest absolute Gasteiger partial charge is 0.386 e. The van der Waals surface area contributed by atoms with Crippen molar-refractivity contribution < 1.29 is 18.7 Å². The van der Waals surface area contributed by atoms with Crippen LogP contribution in [0, 0.1) is 11.6 Å². The van der Waals surface area contributed by atoms with Gasteiger partial charge in [0.15, 0.2) is 0 Å². The van der Waals surface area contributed by atoms with E-state index >= 15 is 0 Å². The molecule has 0 radical (unpaired) electrons. The number of aliphatic hydroxyl groups excluding tert-OH is 1. The second kappa shape index (κ2) is 7.20. The molecular weight excluding hydrogens is 314 g/mol. The van der Waals surface area contributed by atoms with Gasteiger partial charge in [0.1, 0.15) is 11.6 Å². The van der Waals surface area contributed by atoms with Crippen molar-refractivity contribution in [1.82, 2.24) is 5.32 Å². The molecule has 0 aliphatic heterocycles. The maximum atomic E-state index is 13.5. The fourth-order valence-corrected chi connectivity index (χ4v) is 1.96. The third-order valence-electron chi connectivity index (χ3n) is 2.90. The molecule has 0 aliphatic carbocycles. The first-order valence-corrected chi connectivity index (χ1v) is 6.77. The summed E-state index contributed by atoms with van der Waals surface area (Å²) in [6, 6.07) is 8.77. The van der Waals surface area contributed by atoms with Gasteiger partial charge < -0.3 is 15.7 Å². The standard InChI is InChI=1S/C15H13ClF2N2O2/c16-9-5-6-13(12(18)7-9)20-15(22)19-8-14(21)10-3-1-2-4-11(10)17/h1-7,14,21H,8H2,(H2,19,20,22). The predicted octanol–water partition coefficient (Wildman–Crippen LogP) is 3.47. The molecule has 0 fully saturated rings. The quantitative estimate of drug-likeness (QED) is 0.805. The predicted molar refractivity (Wildman–Crippen MR) is 79.8 cm³/mol. The first kappa shape index (κ1) is 16.2. The number of nitrogens with one attached hydrogen (secondary N) is 2. The van der Waals surface area contributed by atoms with Crippen LogP contribution in [0.4, 0.5) is 19.3 Å². The van der Waals surface area contributed by atoms with Gasteiger partial charge in [0, 0.05) is 17.1 Å². The highest BCUT2D eigenvalue weighted by atomic mass is 35.5. The third-order valence-corrected chi connectivity index (χ3v) is 3.13. The molecule has 0 saturated carbocycles. The summed E-state index contributed by atoms with van der Waals surface area (Å²) in [4.78, 5) is 11.6. The zero-order valence-corrected chi connectivity index (χ0v) is 12.1. The lowest BCUT2D eigenvalue weighted by molar-refractivity contribution is 0.170. The number of aliphatic hydroxyl groups is 1. The third kappa shape index (κ3) is 4.16. The van der Waals surface area contributed by atoms with Crippen molar-refractivity contribution in [3.63, 3.8) is 0 Å². The molecule has 4 nitrogen and oxygen atoms in total. The van der Waals surface area contributed by atoms with Crippen molar-refractivity contribution in [2.45, 2.75) is 6.10 Å². The highest BCUT2D eigenvalue weighted by Gasteiger charge is 2.14. The Labute approximate surface area is 130 Å². The lowest BCUT2D eigenvalue weighted by Crippen LogP contribution is -2.32. The average molecular weight is 327 g/mol. The van der Waals surface area contributed by atoms with Crippen LogP contribution >= 0.6 is 11.6 Å². The number of halogens is 3. The van der Waals surface area contributed by atoms with Crippen molar-refractivity contribution in [3.8, 4) is 0 Å². The first-order valence-electron chi connectivity index (χ1n) is 6.40. The molecule has 116 valence electrons. The van der Waals surface area contributed by atoms with E-state index < -0.39 is 23.8 Å². The molecule has 1 atom stereocenters. The van der Waals surface area contributed by atoms with E-state index in [0.29, 0.717) is 0 Å². The zero-order valence-electron chi connectivity index (χ0n) is 11.3. The van der Waals surface area contributed by atoms with Gasteiger partial charge in [-0.25, -0.2) is 13.6 Å². The maximum absolute atomic E-state index is 13.5. The van der Waals surface area contributed by atoms with Crippen LogP contribution in [0.3, 0.4) is 0 Å². The van der Waals surface area contributed by atoms with Crippen molar-refractivity contribution >= 4 is 23.3 Å². The molecule has 0 bridgehead atoms. The molecule has 0 heterocycles. The Bertz CT molecular complexity index is 682. The van der Waals surface area contributed by atoms with Crippen LogP contribution in [-0.2, 0) is 0 Å². The number of carbonyl (C=O) groups is 1. The van der Waals surface area contributed by atoms with Crippen LogP contribution in [0.15, 0.2) is 42.5 Å². The Morgan fingerprint density at radius 3 is 2.59 bits per heavy atom. The molecule has 0 spiro atoms. The van der Waals surface area contributed by atoms with E-state index in [9.17, 15) is 18.7 Å². The van der Waals surface area contributed by atoms with Crippen LogP contribution in [0.1, 0.15) is 11.7 Å². The Kier molecular flexibility index (Phi) is 5.30. The molecule has 2 aromatic carbocycles. The van der Waals surface area contributed by atoms with E-state index in [4.69, 9.17) is 11.6 Å². The number of rotatable bonds is 4. The van der Waals surface area contributed by atoms with Gasteiger partial charge in [0.2, 0.25) is 0 Å². The summed E-state index contributed by atoms with van der Waals surface area (Å²) in [5, 5.41) is 14.6. The van der Waals surface area contributed by atoms with Crippen LogP contribution < -0.4 is 10.6 Å². The molecule has 7 heteroatoms. The Morgan fingerprint density at radius 1 is 1.18 bits per heavy atom. The second-order valence-corrected chi connectivity index (χ2v) is 4.93. The smallest absolute Gasteiger partial charge is 0.319 e. The molecule has 22 heavy (non-hydrogen) atoms. The SMILES string of the molecule is O=C(NCC(O)c1ccccc1F)Nc1ccc(Cl)cc1F. The number of carbonyl (C=O) groups excluding carboxylic acids is 1. The van der Waals surface area contributed by atoms with Gasteiger partial charge in [-0.05, 0) is 24.3 Å². The lowest BCUT2D eigenvalue weighted by atomic mass is 10.1. The monoisotopic (exact) mass is 326 g/mol. The molecule has 2 aromatic rings. The van der Waals surface area contributed by atoms with Crippen molar-refractivity contribution in [1.29, 1.82) is 0 Å². The maximum Gasteiger partial charge on any atom is 0.319 e. The minimum atomic E-state index is -1.21. The fraction of sp³-hybridized carbons (Fsp3) is 0.133. The summed E-state index contributed by atoms with van der Waals surface area (Å²) in [5.74, 6) is -1.25. The van der Waals surface area contributed by atoms with Gasteiger partial charge in [0.25, 0.3) is 0 Å². The second-order valence-electron chi connectivity index (χ2n) is 4.50. The molecule has 1 unspecified atom stereocenters. The van der Waals surface area contributed by atoms with Crippen LogP contribution in [0.25, 0.3) is 0 Å². The zero-order chi connectivity index (χ0) is 16.1. The normalized spacial score (nSPS) is 11.8. The van der Waals surface area contributed by atoms with Gasteiger partial charge >= 0.3 is 6.03 Å². The molecule has 0 aromatic heterocycles. The van der Waals surface area contributed by atoms with Gasteiger partial charge in [-0.1, -0.05) is 29.8 Å². The summed E-state index contributed by atoms with van der Waals surface area (Å²) in [6.45, 7) is -0.220. The summed E-state index contributed by atoms with van der Waals surface area (Å²) in [6.07, 6.45) is -1.21. The van der Waals surface area contributed by atoms with E-state index in [2.05, 4.69) is 10.6 Å². The van der Waals surface area contributed by atoms with E-state index in [0.717, 1.165) is 6.07 Å². The van der Waals surface area contributed by atoms with Gasteiger partial charge in [0.05, 0.1) is 11.8 Å². The number of urea groups is 1. The van der Waals surface area contributed by atoms with E-state index in [1.165, 1.54) is 30.3 Å². The molecule has 0 saturated heterocycles. The minimum absolute atomic E-state index is 0.0534. The van der Waals surface area contributed by atoms with Gasteiger partial charge in [-0.2, -0.15) is 0 Å². The lowest BCUT2D eigenvalue weighted by Gasteiger charge is -2.14. The van der Waals surface area contributed by atoms with E-state index in [1.807, 2.05) is 0 Å². The van der Waals surface area contributed by atoms with Crippen molar-refractivity contribution in [3.05, 3.63) is 64.7 Å². The van der Waals surface area contributed by atoms with Crippen molar-refractivity contribution in [2.75, 3.05) is 11.9 Å². The topological polar surface area (TPSA) is 61.4 Å². The van der Waals surface area contributed by atoms with Gasteiger partial charge in [-0.3, -0.25) is 0 Å². The summed E-state index contributed by atoms with van der Waals surface area (Å²) >= 11 is 5.60. The number of hydrogen-bond acceptors (Lipinski definition) is 2. The van der Waals surface area contributed by atoms with Crippen molar-refractivity contribution in [2.24, 2.45) is 0 Å². The summed E-state index contributed by atoms with van der Waals surface area (Å²) in [5.41, 5.74) is 0.0164. The molecule has 2 rings (SSSR count). The van der Waals surface area contributed by atoms with E-state index in [-0.39, 0.29) is 22.8 Å². The Hall–Kier alpha value is -2.18. The minimum Gasteiger partial charge on any atom is -0.386 e. The number of anilines is 1. The summed E-state index contributed by atoms with van der Waals surface area (Å²) < 4.78 is 27.0. The number of hydrogen-bond donors (Lipinski definition) is 3. The van der Waals surface area contributed by atoms with Gasteiger partial charge in [-0.15, -0.1) is 0 Å². The Morgan fingerprint density at radius 2 is 1.91 bits per heavy atom. The Balaban J connectivity index is 1.91. The van der Waals surface area contributed by atoms with Crippen LogP contribution in [0.5, 0.6) is 0 Å². The van der Waals surface area contributed by atoms with Crippen LogP contribution in [-0.4, -0.2) is 17.7 Å². The van der Waals surface area contributed by atoms with E-state index in [1.54, 1.807) is 6.07 Å². The number of benzene rings is 2. The molecule has 2 amide bonds. The average Bonchev–Trinajstić information content (AvgIpc) is 2.48.